The monoisotopic (exact) mass is 329 g/mol. The van der Waals surface area contributed by atoms with Crippen molar-refractivity contribution in [1.82, 2.24) is 15.2 Å². The summed E-state index contributed by atoms with van der Waals surface area (Å²) in [4.78, 5) is 18.6. The van der Waals surface area contributed by atoms with Gasteiger partial charge in [0.1, 0.15) is 5.52 Å². The summed E-state index contributed by atoms with van der Waals surface area (Å²) in [5.74, 6) is 0.698. The highest BCUT2D eigenvalue weighted by Crippen LogP contribution is 2.15. The molecule has 1 aliphatic rings. The number of benzene rings is 1. The molecule has 3 rings (SSSR count). The van der Waals surface area contributed by atoms with E-state index in [0.717, 1.165) is 43.9 Å². The molecule has 1 aromatic heterocycles. The Kier molecular flexibility index (Phi) is 5.61. The predicted molar refractivity (Wildman–Crippen MR) is 92.5 cm³/mol. The number of carbonyl (C=O) groups excluding carboxylic acids is 1. The number of nitrogens with one attached hydrogen (secondary N) is 1. The van der Waals surface area contributed by atoms with Gasteiger partial charge in [-0.3, -0.25) is 9.69 Å². The minimum Gasteiger partial charge on any atom is -0.437 e. The number of hydrogen-bond acceptors (Lipinski definition) is 5. The number of carbonyl (C=O) groups is 1. The summed E-state index contributed by atoms with van der Waals surface area (Å²) in [6.07, 6.45) is 3.06. The zero-order valence-electron chi connectivity index (χ0n) is 13.9. The van der Waals surface area contributed by atoms with Crippen molar-refractivity contribution in [3.63, 3.8) is 0 Å². The average Bonchev–Trinajstić information content (AvgIpc) is 3.02. The van der Waals surface area contributed by atoms with Crippen LogP contribution in [0.25, 0.3) is 17.2 Å². The summed E-state index contributed by atoms with van der Waals surface area (Å²) in [6.45, 7) is 7.29. The fourth-order valence-corrected chi connectivity index (χ4v) is 2.73. The van der Waals surface area contributed by atoms with Gasteiger partial charge in [0.15, 0.2) is 5.58 Å². The summed E-state index contributed by atoms with van der Waals surface area (Å²) >= 11 is 0. The van der Waals surface area contributed by atoms with Gasteiger partial charge in [0.25, 0.3) is 0 Å². The van der Waals surface area contributed by atoms with E-state index in [1.54, 1.807) is 6.08 Å². The van der Waals surface area contributed by atoms with Crippen molar-refractivity contribution in [2.75, 3.05) is 39.4 Å². The lowest BCUT2D eigenvalue weighted by Crippen LogP contribution is -2.41. The Bertz CT molecular complexity index is 671. The normalized spacial score (nSPS) is 17.4. The van der Waals surface area contributed by atoms with E-state index in [9.17, 15) is 4.79 Å². The van der Waals surface area contributed by atoms with E-state index >= 15 is 0 Å². The summed E-state index contributed by atoms with van der Waals surface area (Å²) in [6, 6.07) is 7.53. The molecule has 24 heavy (non-hydrogen) atoms. The van der Waals surface area contributed by atoms with Gasteiger partial charge in [-0.1, -0.05) is 19.1 Å². The molecular formula is C18H23N3O3. The topological polar surface area (TPSA) is 67.6 Å². The van der Waals surface area contributed by atoms with Gasteiger partial charge in [0, 0.05) is 38.3 Å². The van der Waals surface area contributed by atoms with Gasteiger partial charge >= 0.3 is 0 Å². The van der Waals surface area contributed by atoms with E-state index < -0.39 is 0 Å². The van der Waals surface area contributed by atoms with Crippen LogP contribution in [0.15, 0.2) is 34.8 Å². The SMILES string of the molecule is C[C@@H](CNC(=O)/C=C/c1nc2ccccc2o1)CN1CCOCC1. The molecule has 6 heteroatoms. The van der Waals surface area contributed by atoms with Gasteiger partial charge in [0.05, 0.1) is 13.2 Å². The minimum atomic E-state index is -0.133. The zero-order valence-corrected chi connectivity index (χ0v) is 13.9. The molecular weight excluding hydrogens is 306 g/mol. The maximum Gasteiger partial charge on any atom is 0.244 e. The van der Waals surface area contributed by atoms with Crippen LogP contribution in [0.3, 0.4) is 0 Å². The second-order valence-corrected chi connectivity index (χ2v) is 6.12. The van der Waals surface area contributed by atoms with Crippen molar-refractivity contribution in [2.45, 2.75) is 6.92 Å². The van der Waals surface area contributed by atoms with Gasteiger partial charge in [0.2, 0.25) is 11.8 Å². The Morgan fingerprint density at radius 3 is 2.96 bits per heavy atom. The molecule has 1 aromatic carbocycles. The van der Waals surface area contributed by atoms with Crippen molar-refractivity contribution in [3.8, 4) is 0 Å². The third-order valence-electron chi connectivity index (χ3n) is 3.99. The quantitative estimate of drug-likeness (QED) is 0.820. The first-order chi connectivity index (χ1) is 11.7. The third kappa shape index (κ3) is 4.66. The summed E-state index contributed by atoms with van der Waals surface area (Å²) in [7, 11) is 0. The van der Waals surface area contributed by atoms with Crippen molar-refractivity contribution >= 4 is 23.1 Å². The van der Waals surface area contributed by atoms with Crippen LogP contribution >= 0.6 is 0 Å². The molecule has 1 atom stereocenters. The van der Waals surface area contributed by atoms with E-state index in [-0.39, 0.29) is 5.91 Å². The van der Waals surface area contributed by atoms with E-state index in [1.807, 2.05) is 24.3 Å². The lowest BCUT2D eigenvalue weighted by molar-refractivity contribution is -0.116. The lowest BCUT2D eigenvalue weighted by Gasteiger charge is -2.29. The molecule has 0 spiro atoms. The Hall–Kier alpha value is -2.18. The molecule has 128 valence electrons. The Labute approximate surface area is 141 Å². The van der Waals surface area contributed by atoms with E-state index in [4.69, 9.17) is 9.15 Å². The maximum absolute atomic E-state index is 11.9. The second kappa shape index (κ2) is 8.08. The second-order valence-electron chi connectivity index (χ2n) is 6.12. The smallest absolute Gasteiger partial charge is 0.244 e. The molecule has 6 nitrogen and oxygen atoms in total. The molecule has 0 radical (unpaired) electrons. The zero-order chi connectivity index (χ0) is 16.8. The standard InChI is InChI=1S/C18H23N3O3/c1-14(13-21-8-10-23-11-9-21)12-19-17(22)6-7-18-20-15-4-2-3-5-16(15)24-18/h2-7,14H,8-13H2,1H3,(H,19,22)/b7-6+/t14-/m0/s1. The van der Waals surface area contributed by atoms with E-state index in [2.05, 4.69) is 22.1 Å². The first kappa shape index (κ1) is 16.7. The molecule has 1 N–H and O–H groups in total. The van der Waals surface area contributed by atoms with Crippen LogP contribution in [-0.4, -0.2) is 55.2 Å². The molecule has 0 unspecified atom stereocenters. The number of hydrogen-bond donors (Lipinski definition) is 1. The summed E-state index contributed by atoms with van der Waals surface area (Å²) < 4.78 is 10.9. The van der Waals surface area contributed by atoms with Crippen molar-refractivity contribution < 1.29 is 13.9 Å². The number of rotatable bonds is 6. The molecule has 0 bridgehead atoms. The van der Waals surface area contributed by atoms with Gasteiger partial charge in [-0.15, -0.1) is 0 Å². The summed E-state index contributed by atoms with van der Waals surface area (Å²) in [5.41, 5.74) is 1.51. The Balaban J connectivity index is 1.44. The van der Waals surface area contributed by atoms with Crippen LogP contribution in [0.4, 0.5) is 0 Å². The van der Waals surface area contributed by atoms with Crippen LogP contribution in [-0.2, 0) is 9.53 Å². The van der Waals surface area contributed by atoms with Gasteiger partial charge < -0.3 is 14.5 Å². The highest BCUT2D eigenvalue weighted by atomic mass is 16.5. The molecule has 0 saturated carbocycles. The van der Waals surface area contributed by atoms with Crippen molar-refractivity contribution in [3.05, 3.63) is 36.2 Å². The van der Waals surface area contributed by atoms with Crippen LogP contribution in [0.1, 0.15) is 12.8 Å². The van der Waals surface area contributed by atoms with Crippen molar-refractivity contribution in [2.24, 2.45) is 5.92 Å². The molecule has 1 fully saturated rings. The molecule has 0 aliphatic carbocycles. The molecule has 1 amide bonds. The minimum absolute atomic E-state index is 0.133. The number of para-hydroxylation sites is 2. The first-order valence-electron chi connectivity index (χ1n) is 8.32. The first-order valence-corrected chi connectivity index (χ1v) is 8.32. The third-order valence-corrected chi connectivity index (χ3v) is 3.99. The van der Waals surface area contributed by atoms with Crippen molar-refractivity contribution in [1.29, 1.82) is 0 Å². The average molecular weight is 329 g/mol. The van der Waals surface area contributed by atoms with Crippen LogP contribution in [0, 0.1) is 5.92 Å². The molecule has 2 aromatic rings. The predicted octanol–water partition coefficient (Wildman–Crippen LogP) is 1.93. The van der Waals surface area contributed by atoms with Crippen LogP contribution in [0.5, 0.6) is 0 Å². The van der Waals surface area contributed by atoms with Gasteiger partial charge in [-0.05, 0) is 18.1 Å². The Morgan fingerprint density at radius 1 is 1.38 bits per heavy atom. The number of aromatic nitrogens is 1. The highest BCUT2D eigenvalue weighted by Gasteiger charge is 2.13. The molecule has 2 heterocycles. The number of fused-ring (bicyclic) bond motifs is 1. The number of amides is 1. The number of ether oxygens (including phenoxy) is 1. The number of oxazole rings is 1. The fourth-order valence-electron chi connectivity index (χ4n) is 2.73. The number of morpholine rings is 1. The van der Waals surface area contributed by atoms with E-state index in [0.29, 0.717) is 18.4 Å². The largest absolute Gasteiger partial charge is 0.437 e. The summed E-state index contributed by atoms with van der Waals surface area (Å²) in [5, 5.41) is 2.92. The lowest BCUT2D eigenvalue weighted by atomic mass is 10.1. The molecule has 1 saturated heterocycles. The number of nitrogens with zero attached hydrogens (tertiary/aromatic N) is 2. The fraction of sp³-hybridized carbons (Fsp3) is 0.444. The van der Waals surface area contributed by atoms with Crippen LogP contribution < -0.4 is 5.32 Å². The van der Waals surface area contributed by atoms with Gasteiger partial charge in [-0.25, -0.2) is 4.98 Å². The van der Waals surface area contributed by atoms with Gasteiger partial charge in [-0.2, -0.15) is 0 Å². The van der Waals surface area contributed by atoms with E-state index in [1.165, 1.54) is 6.08 Å². The maximum atomic E-state index is 11.9. The highest BCUT2D eigenvalue weighted by molar-refractivity contribution is 5.91. The van der Waals surface area contributed by atoms with Crippen LogP contribution in [0.2, 0.25) is 0 Å². The Morgan fingerprint density at radius 2 is 2.17 bits per heavy atom. The molecule has 1 aliphatic heterocycles.